The molecule has 0 aliphatic heterocycles. The summed E-state index contributed by atoms with van der Waals surface area (Å²) in [4.78, 5) is 0.929. The van der Waals surface area contributed by atoms with Crippen molar-refractivity contribution in [2.24, 2.45) is 5.73 Å². The van der Waals surface area contributed by atoms with Gasteiger partial charge in [0.05, 0.1) is 0 Å². The maximum Gasteiger partial charge on any atom is 0.136 e. The summed E-state index contributed by atoms with van der Waals surface area (Å²) >= 11 is 6.12. The third kappa shape index (κ3) is 1.63. The Morgan fingerprint density at radius 3 is 3.08 bits per heavy atom. The standard InChI is InChI=1S/C7H6N4S2/c8-7(12)13-5-3-1-2-4-6(5)10-11-9-4/h1-3H,(H2,8,12)(H,9,10,11). The van der Waals surface area contributed by atoms with Crippen LogP contribution in [-0.2, 0) is 0 Å². The van der Waals surface area contributed by atoms with Crippen LogP contribution in [0, 0.1) is 0 Å². The van der Waals surface area contributed by atoms with E-state index in [9.17, 15) is 0 Å². The van der Waals surface area contributed by atoms with Gasteiger partial charge in [-0.15, -0.1) is 0 Å². The molecule has 2 rings (SSSR count). The second kappa shape index (κ2) is 3.31. The molecule has 13 heavy (non-hydrogen) atoms. The molecule has 0 spiro atoms. The zero-order chi connectivity index (χ0) is 9.26. The minimum atomic E-state index is 0.385. The normalized spacial score (nSPS) is 10.5. The molecule has 66 valence electrons. The number of nitrogens with two attached hydrogens (primary N) is 1. The molecule has 0 amide bonds. The van der Waals surface area contributed by atoms with Crippen molar-refractivity contribution >= 4 is 39.3 Å². The van der Waals surface area contributed by atoms with Crippen molar-refractivity contribution in [2.45, 2.75) is 4.90 Å². The van der Waals surface area contributed by atoms with E-state index in [-0.39, 0.29) is 0 Å². The number of thiocarbonyl (C=S) groups is 1. The second-order valence-corrected chi connectivity index (χ2v) is 4.15. The first-order valence-electron chi connectivity index (χ1n) is 3.54. The third-order valence-electron chi connectivity index (χ3n) is 1.52. The van der Waals surface area contributed by atoms with Crippen molar-refractivity contribution in [1.29, 1.82) is 0 Å². The number of aromatic amines is 1. The van der Waals surface area contributed by atoms with Gasteiger partial charge in [0.25, 0.3) is 0 Å². The average Bonchev–Trinajstić information content (AvgIpc) is 2.51. The van der Waals surface area contributed by atoms with Crippen LogP contribution in [0.1, 0.15) is 0 Å². The van der Waals surface area contributed by atoms with Gasteiger partial charge >= 0.3 is 0 Å². The highest BCUT2D eigenvalue weighted by molar-refractivity contribution is 8.23. The van der Waals surface area contributed by atoms with Crippen LogP contribution in [0.5, 0.6) is 0 Å². The van der Waals surface area contributed by atoms with Gasteiger partial charge in [0.2, 0.25) is 0 Å². The van der Waals surface area contributed by atoms with Gasteiger partial charge in [-0.25, -0.2) is 0 Å². The number of thioether (sulfide) groups is 1. The molecule has 0 bridgehead atoms. The largest absolute Gasteiger partial charge is 0.384 e. The molecule has 1 aromatic carbocycles. The first-order chi connectivity index (χ1) is 6.27. The van der Waals surface area contributed by atoms with Gasteiger partial charge in [-0.2, -0.15) is 15.4 Å². The van der Waals surface area contributed by atoms with E-state index in [0.29, 0.717) is 4.32 Å². The summed E-state index contributed by atoms with van der Waals surface area (Å²) in [6.45, 7) is 0. The topological polar surface area (TPSA) is 67.6 Å². The lowest BCUT2D eigenvalue weighted by Crippen LogP contribution is -2.01. The zero-order valence-corrected chi connectivity index (χ0v) is 8.15. The quantitative estimate of drug-likeness (QED) is 0.548. The number of nitrogens with one attached hydrogen (secondary N) is 1. The van der Waals surface area contributed by atoms with Gasteiger partial charge in [0.15, 0.2) is 0 Å². The summed E-state index contributed by atoms with van der Waals surface area (Å²) in [5.41, 5.74) is 7.05. The van der Waals surface area contributed by atoms with Crippen LogP contribution in [0.4, 0.5) is 0 Å². The van der Waals surface area contributed by atoms with Crippen molar-refractivity contribution in [3.63, 3.8) is 0 Å². The molecule has 0 aliphatic rings. The lowest BCUT2D eigenvalue weighted by Gasteiger charge is -1.97. The monoisotopic (exact) mass is 210 g/mol. The van der Waals surface area contributed by atoms with Crippen LogP contribution < -0.4 is 5.73 Å². The van der Waals surface area contributed by atoms with E-state index >= 15 is 0 Å². The summed E-state index contributed by atoms with van der Waals surface area (Å²) < 4.78 is 0.385. The number of hydrogen-bond acceptors (Lipinski definition) is 4. The number of para-hydroxylation sites is 1. The van der Waals surface area contributed by atoms with Gasteiger partial charge in [-0.3, -0.25) is 0 Å². The van der Waals surface area contributed by atoms with Crippen LogP contribution in [0.2, 0.25) is 0 Å². The fraction of sp³-hybridized carbons (Fsp3) is 0. The van der Waals surface area contributed by atoms with Gasteiger partial charge in [0.1, 0.15) is 15.4 Å². The Balaban J connectivity index is 2.54. The van der Waals surface area contributed by atoms with Crippen molar-refractivity contribution in [3.05, 3.63) is 18.2 Å². The molecule has 0 saturated heterocycles. The lowest BCUT2D eigenvalue weighted by molar-refractivity contribution is 0.957. The number of benzene rings is 1. The van der Waals surface area contributed by atoms with Gasteiger partial charge in [-0.1, -0.05) is 30.0 Å². The fourth-order valence-corrected chi connectivity index (χ4v) is 1.91. The number of rotatable bonds is 1. The van der Waals surface area contributed by atoms with Crippen molar-refractivity contribution in [3.8, 4) is 0 Å². The molecule has 0 unspecified atom stereocenters. The van der Waals surface area contributed by atoms with E-state index in [0.717, 1.165) is 15.9 Å². The van der Waals surface area contributed by atoms with Crippen LogP contribution in [-0.4, -0.2) is 19.7 Å². The first kappa shape index (κ1) is 8.46. The molecule has 0 saturated carbocycles. The van der Waals surface area contributed by atoms with E-state index in [1.807, 2.05) is 18.2 Å². The van der Waals surface area contributed by atoms with Crippen LogP contribution in [0.15, 0.2) is 23.1 Å². The summed E-state index contributed by atoms with van der Waals surface area (Å²) in [6, 6.07) is 5.68. The van der Waals surface area contributed by atoms with Crippen LogP contribution in [0.25, 0.3) is 11.0 Å². The number of H-pyrrole nitrogens is 1. The van der Waals surface area contributed by atoms with Crippen LogP contribution in [0.3, 0.4) is 0 Å². The smallest absolute Gasteiger partial charge is 0.136 e. The van der Waals surface area contributed by atoms with E-state index < -0.39 is 0 Å². The maximum atomic E-state index is 5.42. The highest BCUT2D eigenvalue weighted by atomic mass is 32.2. The molecular weight excluding hydrogens is 204 g/mol. The Hall–Kier alpha value is -1.14. The predicted octanol–water partition coefficient (Wildman–Crippen LogP) is 1.29. The number of hydrogen-bond donors (Lipinski definition) is 2. The molecule has 4 nitrogen and oxygen atoms in total. The molecular formula is C7H6N4S2. The van der Waals surface area contributed by atoms with Crippen molar-refractivity contribution in [2.75, 3.05) is 0 Å². The molecule has 0 aliphatic carbocycles. The Kier molecular flexibility index (Phi) is 2.15. The zero-order valence-electron chi connectivity index (χ0n) is 6.52. The molecule has 1 heterocycles. The predicted molar refractivity (Wildman–Crippen MR) is 56.5 cm³/mol. The summed E-state index contributed by atoms with van der Waals surface area (Å²) in [6.07, 6.45) is 0. The van der Waals surface area contributed by atoms with Crippen molar-refractivity contribution < 1.29 is 0 Å². The summed E-state index contributed by atoms with van der Waals surface area (Å²) in [5.74, 6) is 0. The van der Waals surface area contributed by atoms with E-state index in [4.69, 9.17) is 18.0 Å². The third-order valence-corrected chi connectivity index (χ3v) is 2.52. The minimum Gasteiger partial charge on any atom is -0.384 e. The Labute approximate surface area is 83.9 Å². The summed E-state index contributed by atoms with van der Waals surface area (Å²) in [7, 11) is 0. The van der Waals surface area contributed by atoms with E-state index in [1.54, 1.807) is 0 Å². The minimum absolute atomic E-state index is 0.385. The molecule has 3 N–H and O–H groups in total. The van der Waals surface area contributed by atoms with Gasteiger partial charge < -0.3 is 5.73 Å². The lowest BCUT2D eigenvalue weighted by atomic mass is 10.3. The number of nitrogens with zero attached hydrogens (tertiary/aromatic N) is 2. The highest BCUT2D eigenvalue weighted by Gasteiger charge is 2.05. The highest BCUT2D eigenvalue weighted by Crippen LogP contribution is 2.24. The molecule has 1 aromatic heterocycles. The van der Waals surface area contributed by atoms with Gasteiger partial charge in [0, 0.05) is 4.90 Å². The Morgan fingerprint density at radius 2 is 2.31 bits per heavy atom. The Morgan fingerprint density at radius 1 is 1.46 bits per heavy atom. The van der Waals surface area contributed by atoms with E-state index in [1.165, 1.54) is 11.8 Å². The summed E-state index contributed by atoms with van der Waals surface area (Å²) in [5, 5.41) is 10.5. The second-order valence-electron chi connectivity index (χ2n) is 2.37. The molecule has 0 radical (unpaired) electrons. The molecule has 0 fully saturated rings. The first-order valence-corrected chi connectivity index (χ1v) is 4.76. The number of fused-ring (bicyclic) bond motifs is 1. The Bertz CT molecular complexity index is 450. The average molecular weight is 210 g/mol. The number of aromatic nitrogens is 3. The van der Waals surface area contributed by atoms with E-state index in [2.05, 4.69) is 15.4 Å². The SMILES string of the molecule is NC(=S)Sc1cccc2n[nH]nc12. The molecule has 6 heteroatoms. The van der Waals surface area contributed by atoms with Crippen molar-refractivity contribution in [1.82, 2.24) is 15.4 Å². The van der Waals surface area contributed by atoms with Crippen LogP contribution >= 0.6 is 24.0 Å². The maximum absolute atomic E-state index is 5.42. The fourth-order valence-electron chi connectivity index (χ4n) is 1.03. The molecule has 0 atom stereocenters. The van der Waals surface area contributed by atoms with Gasteiger partial charge in [-0.05, 0) is 12.1 Å². The molecule has 2 aromatic rings.